The molecule has 0 saturated carbocycles. The standard InChI is InChI=1S/C20H26N2O2S.C2HF3O2/c1-15-4-3-5-17(8-15)10-22-7-6-20(14-22)9-19(12-24-20)23-11-18-13-25-16(2)21-18;3-2(4,5)1(6)7/h3-5,8,13,19H,6-7,9-12,14H2,1-2H3;(H,6,7)/t19-,20+;/m1./s1. The zero-order valence-electron chi connectivity index (χ0n) is 18.0. The van der Waals surface area contributed by atoms with Crippen LogP contribution < -0.4 is 0 Å². The molecular formula is C22H27F3N2O4S. The highest BCUT2D eigenvalue weighted by Gasteiger charge is 2.45. The molecule has 32 heavy (non-hydrogen) atoms. The lowest BCUT2D eigenvalue weighted by atomic mass is 9.98. The lowest BCUT2D eigenvalue weighted by Crippen LogP contribution is -2.33. The summed E-state index contributed by atoms with van der Waals surface area (Å²) in [5.41, 5.74) is 3.75. The number of aromatic nitrogens is 1. The molecule has 0 aliphatic carbocycles. The topological polar surface area (TPSA) is 71.9 Å². The summed E-state index contributed by atoms with van der Waals surface area (Å²) in [7, 11) is 0. The number of likely N-dealkylation sites (tertiary alicyclic amines) is 1. The number of rotatable bonds is 5. The van der Waals surface area contributed by atoms with Crippen molar-refractivity contribution in [1.29, 1.82) is 0 Å². The second-order valence-electron chi connectivity index (χ2n) is 8.24. The van der Waals surface area contributed by atoms with Crippen LogP contribution in [0.1, 0.15) is 34.7 Å². The minimum absolute atomic E-state index is 0.00746. The Morgan fingerprint density at radius 1 is 1.41 bits per heavy atom. The smallest absolute Gasteiger partial charge is 0.475 e. The normalized spacial score (nSPS) is 23.3. The van der Waals surface area contributed by atoms with E-state index in [-0.39, 0.29) is 11.7 Å². The van der Waals surface area contributed by atoms with Gasteiger partial charge in [0.15, 0.2) is 0 Å². The molecule has 0 amide bonds. The quantitative estimate of drug-likeness (QED) is 0.698. The Hall–Kier alpha value is -2.01. The van der Waals surface area contributed by atoms with Crippen LogP contribution >= 0.6 is 11.3 Å². The Morgan fingerprint density at radius 3 is 2.78 bits per heavy atom. The number of alkyl halides is 3. The highest BCUT2D eigenvalue weighted by Crippen LogP contribution is 2.37. The first kappa shape index (κ1) is 24.6. The number of hydrogen-bond donors (Lipinski definition) is 1. The fourth-order valence-corrected chi connectivity index (χ4v) is 4.60. The van der Waals surface area contributed by atoms with Crippen molar-refractivity contribution in [3.63, 3.8) is 0 Å². The van der Waals surface area contributed by atoms with E-state index in [0.29, 0.717) is 13.2 Å². The van der Waals surface area contributed by atoms with Crippen LogP contribution in [0.15, 0.2) is 29.6 Å². The van der Waals surface area contributed by atoms with Crippen LogP contribution in [0.2, 0.25) is 0 Å². The molecule has 1 spiro atoms. The number of carbonyl (C=O) groups is 1. The molecule has 0 bridgehead atoms. The van der Waals surface area contributed by atoms with Gasteiger partial charge in [0, 0.05) is 31.4 Å². The van der Waals surface area contributed by atoms with Crippen LogP contribution in [0.3, 0.4) is 0 Å². The van der Waals surface area contributed by atoms with E-state index in [9.17, 15) is 13.2 Å². The van der Waals surface area contributed by atoms with E-state index in [0.717, 1.165) is 43.2 Å². The number of aliphatic carboxylic acids is 1. The summed E-state index contributed by atoms with van der Waals surface area (Å²) in [6.45, 7) is 8.62. The molecule has 1 aromatic carbocycles. The molecule has 176 valence electrons. The molecule has 1 N–H and O–H groups in total. The Labute approximate surface area is 189 Å². The van der Waals surface area contributed by atoms with E-state index < -0.39 is 12.1 Å². The predicted molar refractivity (Wildman–Crippen MR) is 113 cm³/mol. The van der Waals surface area contributed by atoms with Crippen molar-refractivity contribution in [2.45, 2.75) is 57.7 Å². The molecule has 3 heterocycles. The molecule has 0 radical (unpaired) electrons. The van der Waals surface area contributed by atoms with Gasteiger partial charge in [0.2, 0.25) is 0 Å². The van der Waals surface area contributed by atoms with E-state index in [1.54, 1.807) is 11.3 Å². The van der Waals surface area contributed by atoms with Gasteiger partial charge in [-0.3, -0.25) is 4.90 Å². The average molecular weight is 473 g/mol. The summed E-state index contributed by atoms with van der Waals surface area (Å²) >= 11 is 1.68. The monoisotopic (exact) mass is 472 g/mol. The third kappa shape index (κ3) is 6.99. The molecule has 2 aliphatic rings. The van der Waals surface area contributed by atoms with E-state index in [1.165, 1.54) is 11.1 Å². The number of benzene rings is 1. The summed E-state index contributed by atoms with van der Waals surface area (Å²) in [6.07, 6.45) is -2.78. The molecule has 2 saturated heterocycles. The molecule has 6 nitrogen and oxygen atoms in total. The largest absolute Gasteiger partial charge is 0.490 e. The molecular weight excluding hydrogens is 445 g/mol. The van der Waals surface area contributed by atoms with E-state index in [1.807, 2.05) is 6.92 Å². The maximum atomic E-state index is 10.6. The highest BCUT2D eigenvalue weighted by molar-refractivity contribution is 7.09. The third-order valence-electron chi connectivity index (χ3n) is 5.44. The zero-order chi connectivity index (χ0) is 23.4. The van der Waals surface area contributed by atoms with Crippen molar-refractivity contribution < 1.29 is 32.5 Å². The van der Waals surface area contributed by atoms with Crippen LogP contribution in [0.5, 0.6) is 0 Å². The minimum Gasteiger partial charge on any atom is -0.475 e. The van der Waals surface area contributed by atoms with Crippen molar-refractivity contribution in [2.75, 3.05) is 19.7 Å². The van der Waals surface area contributed by atoms with E-state index in [2.05, 4.69) is 46.5 Å². The van der Waals surface area contributed by atoms with Gasteiger partial charge >= 0.3 is 12.1 Å². The van der Waals surface area contributed by atoms with Gasteiger partial charge in [-0.05, 0) is 25.8 Å². The molecule has 2 atom stereocenters. The number of carboxylic acid groups (broad SMARTS) is 1. The number of carboxylic acids is 1. The number of hydrogen-bond acceptors (Lipinski definition) is 6. The lowest BCUT2D eigenvalue weighted by Gasteiger charge is -2.23. The van der Waals surface area contributed by atoms with Crippen molar-refractivity contribution >= 4 is 17.3 Å². The van der Waals surface area contributed by atoms with Crippen molar-refractivity contribution in [3.8, 4) is 0 Å². The van der Waals surface area contributed by atoms with Crippen LogP contribution in [-0.2, 0) is 27.4 Å². The average Bonchev–Trinajstić information content (AvgIpc) is 3.41. The maximum absolute atomic E-state index is 10.6. The van der Waals surface area contributed by atoms with Crippen molar-refractivity contribution in [1.82, 2.24) is 9.88 Å². The van der Waals surface area contributed by atoms with Crippen LogP contribution in [0.4, 0.5) is 13.2 Å². The SMILES string of the molecule is Cc1cccc(CN2CC[C@]3(C[C@@H](OCc4csc(C)n4)CO3)C2)c1.O=C(O)C(F)(F)F. The first-order valence-electron chi connectivity index (χ1n) is 10.3. The van der Waals surface area contributed by atoms with Crippen LogP contribution in [0.25, 0.3) is 0 Å². The van der Waals surface area contributed by atoms with Gasteiger partial charge in [0.1, 0.15) is 0 Å². The molecule has 2 aliphatic heterocycles. The van der Waals surface area contributed by atoms with E-state index in [4.69, 9.17) is 19.4 Å². The molecule has 4 rings (SSSR count). The number of nitrogens with zero attached hydrogens (tertiary/aromatic N) is 2. The van der Waals surface area contributed by atoms with Gasteiger partial charge < -0.3 is 14.6 Å². The molecule has 0 unspecified atom stereocenters. The van der Waals surface area contributed by atoms with Crippen molar-refractivity contribution in [3.05, 3.63) is 51.5 Å². The first-order valence-corrected chi connectivity index (χ1v) is 11.2. The molecule has 1 aromatic heterocycles. The van der Waals surface area contributed by atoms with Crippen LogP contribution in [0, 0.1) is 13.8 Å². The summed E-state index contributed by atoms with van der Waals surface area (Å²) in [4.78, 5) is 15.9. The number of thiazole rings is 1. The van der Waals surface area contributed by atoms with Gasteiger partial charge in [0.05, 0.1) is 35.6 Å². The van der Waals surface area contributed by atoms with Gasteiger partial charge in [-0.15, -0.1) is 11.3 Å². The summed E-state index contributed by atoms with van der Waals surface area (Å²) < 4.78 is 44.0. The third-order valence-corrected chi connectivity index (χ3v) is 6.26. The Balaban J connectivity index is 0.000000360. The van der Waals surface area contributed by atoms with Gasteiger partial charge in [-0.25, -0.2) is 9.78 Å². The molecule has 2 fully saturated rings. The minimum atomic E-state index is -5.08. The fourth-order valence-electron chi connectivity index (χ4n) is 4.00. The Bertz CT molecular complexity index is 921. The summed E-state index contributed by atoms with van der Waals surface area (Å²) in [5, 5.41) is 10.3. The Morgan fingerprint density at radius 2 is 2.16 bits per heavy atom. The number of ether oxygens (including phenoxy) is 2. The van der Waals surface area contributed by atoms with Gasteiger partial charge in [-0.2, -0.15) is 13.2 Å². The van der Waals surface area contributed by atoms with Crippen LogP contribution in [-0.4, -0.2) is 58.5 Å². The first-order chi connectivity index (χ1) is 15.0. The second kappa shape index (κ2) is 10.3. The predicted octanol–water partition coefficient (Wildman–Crippen LogP) is 4.34. The summed E-state index contributed by atoms with van der Waals surface area (Å²) in [6, 6.07) is 8.80. The molecule has 2 aromatic rings. The number of halogens is 3. The lowest BCUT2D eigenvalue weighted by molar-refractivity contribution is -0.192. The van der Waals surface area contributed by atoms with Gasteiger partial charge in [-0.1, -0.05) is 29.8 Å². The molecule has 10 heteroatoms. The Kier molecular flexibility index (Phi) is 7.92. The fraction of sp³-hybridized carbons (Fsp3) is 0.545. The van der Waals surface area contributed by atoms with E-state index >= 15 is 0 Å². The zero-order valence-corrected chi connectivity index (χ0v) is 18.8. The van der Waals surface area contributed by atoms with Gasteiger partial charge in [0.25, 0.3) is 0 Å². The summed E-state index contributed by atoms with van der Waals surface area (Å²) in [5.74, 6) is -2.76. The van der Waals surface area contributed by atoms with Crippen molar-refractivity contribution in [2.24, 2.45) is 0 Å². The second-order valence-corrected chi connectivity index (χ2v) is 9.30. The maximum Gasteiger partial charge on any atom is 0.490 e. The number of aryl methyl sites for hydroxylation is 2. The highest BCUT2D eigenvalue weighted by atomic mass is 32.1.